The minimum atomic E-state index is 0.430. The fourth-order valence-corrected chi connectivity index (χ4v) is 3.30. The maximum absolute atomic E-state index is 2.60. The fourth-order valence-electron chi connectivity index (χ4n) is 3.30. The van der Waals surface area contributed by atoms with Gasteiger partial charge in [-0.3, -0.25) is 4.90 Å². The van der Waals surface area contributed by atoms with Gasteiger partial charge in [-0.05, 0) is 38.1 Å². The largest absolute Gasteiger partial charge is 0.300 e. The molecule has 1 nitrogen and oxygen atoms in total. The van der Waals surface area contributed by atoms with Crippen LogP contribution in [0.25, 0.3) is 0 Å². The molecule has 1 fully saturated rings. The molecule has 0 saturated carbocycles. The van der Waals surface area contributed by atoms with E-state index in [0.717, 1.165) is 18.0 Å². The normalized spacial score (nSPS) is 35.1. The van der Waals surface area contributed by atoms with Gasteiger partial charge in [0.15, 0.2) is 0 Å². The van der Waals surface area contributed by atoms with Crippen molar-refractivity contribution in [2.45, 2.75) is 66.0 Å². The van der Waals surface area contributed by atoms with Crippen LogP contribution in [0, 0.1) is 11.3 Å². The lowest BCUT2D eigenvalue weighted by Gasteiger charge is -2.37. The third-order valence-corrected chi connectivity index (χ3v) is 3.77. The highest BCUT2D eigenvalue weighted by atomic mass is 15.2. The van der Waals surface area contributed by atoms with Gasteiger partial charge >= 0.3 is 0 Å². The topological polar surface area (TPSA) is 3.24 Å². The van der Waals surface area contributed by atoms with E-state index >= 15 is 0 Å². The number of hydrogen-bond donors (Lipinski definition) is 0. The molecule has 14 heavy (non-hydrogen) atoms. The van der Waals surface area contributed by atoms with Crippen molar-refractivity contribution < 1.29 is 0 Å². The molecule has 0 bridgehead atoms. The lowest BCUT2D eigenvalue weighted by atomic mass is 9.78. The Labute approximate surface area is 89.9 Å². The van der Waals surface area contributed by atoms with Gasteiger partial charge < -0.3 is 0 Å². The van der Waals surface area contributed by atoms with Gasteiger partial charge in [0.2, 0.25) is 0 Å². The molecule has 84 valence electrons. The molecular weight excluding hydrogens is 170 g/mol. The molecule has 3 unspecified atom stereocenters. The van der Waals surface area contributed by atoms with Crippen molar-refractivity contribution in [3.63, 3.8) is 0 Å². The second kappa shape index (κ2) is 4.22. The molecule has 0 N–H and O–H groups in total. The Hall–Kier alpha value is -0.0400. The summed E-state index contributed by atoms with van der Waals surface area (Å²) < 4.78 is 0. The fraction of sp³-hybridized carbons (Fsp3) is 1.00. The first-order chi connectivity index (χ1) is 6.38. The lowest BCUT2D eigenvalue weighted by molar-refractivity contribution is 0.114. The van der Waals surface area contributed by atoms with Crippen molar-refractivity contribution in [2.75, 3.05) is 7.05 Å². The maximum atomic E-state index is 2.60. The van der Waals surface area contributed by atoms with Crippen molar-refractivity contribution in [1.82, 2.24) is 4.90 Å². The lowest BCUT2D eigenvalue weighted by Crippen LogP contribution is -2.42. The van der Waals surface area contributed by atoms with Gasteiger partial charge in [0.25, 0.3) is 0 Å². The van der Waals surface area contributed by atoms with Crippen molar-refractivity contribution in [3.05, 3.63) is 0 Å². The van der Waals surface area contributed by atoms with E-state index in [-0.39, 0.29) is 0 Å². The summed E-state index contributed by atoms with van der Waals surface area (Å²) in [5.74, 6) is 0.917. The van der Waals surface area contributed by atoms with Gasteiger partial charge in [-0.15, -0.1) is 0 Å². The van der Waals surface area contributed by atoms with E-state index < -0.39 is 0 Å². The molecule has 0 aromatic rings. The molecule has 0 amide bonds. The van der Waals surface area contributed by atoms with Crippen molar-refractivity contribution in [2.24, 2.45) is 11.3 Å². The first-order valence-corrected chi connectivity index (χ1v) is 6.09. The predicted molar refractivity (Wildman–Crippen MR) is 63.5 cm³/mol. The molecule has 0 spiro atoms. The molecule has 0 aliphatic carbocycles. The summed E-state index contributed by atoms with van der Waals surface area (Å²) in [6.07, 6.45) is 4.13. The SMILES string of the molecule is CCCC1CC(C)N(C)C1C(C)(C)C. The van der Waals surface area contributed by atoms with Crippen LogP contribution in [-0.4, -0.2) is 24.0 Å². The highest BCUT2D eigenvalue weighted by Crippen LogP contribution is 2.40. The zero-order valence-corrected chi connectivity index (χ0v) is 10.8. The number of nitrogens with zero attached hydrogens (tertiary/aromatic N) is 1. The highest BCUT2D eigenvalue weighted by Gasteiger charge is 2.42. The van der Waals surface area contributed by atoms with Gasteiger partial charge in [0.1, 0.15) is 0 Å². The summed E-state index contributed by atoms with van der Waals surface area (Å²) in [5.41, 5.74) is 0.430. The quantitative estimate of drug-likeness (QED) is 0.654. The average Bonchev–Trinajstić information content (AvgIpc) is 2.27. The number of rotatable bonds is 2. The van der Waals surface area contributed by atoms with Crippen LogP contribution in [0.3, 0.4) is 0 Å². The van der Waals surface area contributed by atoms with E-state index in [1.165, 1.54) is 19.3 Å². The highest BCUT2D eigenvalue weighted by molar-refractivity contribution is 4.96. The Morgan fingerprint density at radius 1 is 1.29 bits per heavy atom. The summed E-state index contributed by atoms with van der Waals surface area (Å²) in [5, 5.41) is 0. The molecule has 0 radical (unpaired) electrons. The minimum Gasteiger partial charge on any atom is -0.300 e. The zero-order chi connectivity index (χ0) is 10.9. The Bertz CT molecular complexity index is 180. The molecule has 0 aromatic heterocycles. The van der Waals surface area contributed by atoms with E-state index in [1.807, 2.05) is 0 Å². The molecule has 1 heterocycles. The van der Waals surface area contributed by atoms with Gasteiger partial charge in [-0.2, -0.15) is 0 Å². The van der Waals surface area contributed by atoms with E-state index in [2.05, 4.69) is 46.6 Å². The molecule has 3 atom stereocenters. The van der Waals surface area contributed by atoms with Crippen molar-refractivity contribution >= 4 is 0 Å². The smallest absolute Gasteiger partial charge is 0.0172 e. The summed E-state index contributed by atoms with van der Waals surface area (Å²) >= 11 is 0. The van der Waals surface area contributed by atoms with E-state index in [0.29, 0.717) is 5.41 Å². The first kappa shape index (κ1) is 12.0. The van der Waals surface area contributed by atoms with Gasteiger partial charge in [0.05, 0.1) is 0 Å². The average molecular weight is 197 g/mol. The Morgan fingerprint density at radius 2 is 1.86 bits per heavy atom. The van der Waals surface area contributed by atoms with Crippen LogP contribution in [-0.2, 0) is 0 Å². The van der Waals surface area contributed by atoms with Crippen LogP contribution >= 0.6 is 0 Å². The number of hydrogen-bond acceptors (Lipinski definition) is 1. The first-order valence-electron chi connectivity index (χ1n) is 6.09. The zero-order valence-electron chi connectivity index (χ0n) is 10.8. The van der Waals surface area contributed by atoms with E-state index in [9.17, 15) is 0 Å². The third kappa shape index (κ3) is 2.31. The Balaban J connectivity index is 2.76. The van der Waals surface area contributed by atoms with Crippen LogP contribution in [0.1, 0.15) is 53.9 Å². The minimum absolute atomic E-state index is 0.430. The van der Waals surface area contributed by atoms with Gasteiger partial charge in [-0.25, -0.2) is 0 Å². The molecule has 1 aliphatic rings. The van der Waals surface area contributed by atoms with E-state index in [1.54, 1.807) is 0 Å². The second-order valence-electron chi connectivity index (χ2n) is 6.11. The Morgan fingerprint density at radius 3 is 2.29 bits per heavy atom. The summed E-state index contributed by atoms with van der Waals surface area (Å²) in [4.78, 5) is 2.60. The molecule has 1 aliphatic heterocycles. The molecule has 1 rings (SSSR count). The molecular formula is C13H27N. The molecule has 1 saturated heterocycles. The summed E-state index contributed by atoms with van der Waals surface area (Å²) in [6, 6.07) is 1.55. The van der Waals surface area contributed by atoms with Crippen LogP contribution in [0.5, 0.6) is 0 Å². The monoisotopic (exact) mass is 197 g/mol. The standard InChI is InChI=1S/C13H27N/c1-7-8-11-9-10(2)14(6)12(11)13(3,4)5/h10-12H,7-9H2,1-6H3. The Kier molecular flexibility index (Phi) is 3.63. The predicted octanol–water partition coefficient (Wildman–Crippen LogP) is 3.54. The molecule has 0 aromatic carbocycles. The van der Waals surface area contributed by atoms with Crippen molar-refractivity contribution in [1.29, 1.82) is 0 Å². The van der Waals surface area contributed by atoms with Gasteiger partial charge in [0, 0.05) is 12.1 Å². The number of likely N-dealkylation sites (tertiary alicyclic amines) is 1. The van der Waals surface area contributed by atoms with E-state index in [4.69, 9.17) is 0 Å². The summed E-state index contributed by atoms with van der Waals surface area (Å²) in [7, 11) is 2.30. The molecule has 1 heteroatoms. The maximum Gasteiger partial charge on any atom is 0.0172 e. The second-order valence-corrected chi connectivity index (χ2v) is 6.11. The van der Waals surface area contributed by atoms with Gasteiger partial charge in [-0.1, -0.05) is 34.1 Å². The third-order valence-electron chi connectivity index (χ3n) is 3.77. The van der Waals surface area contributed by atoms with Crippen LogP contribution in [0.15, 0.2) is 0 Å². The summed E-state index contributed by atoms with van der Waals surface area (Å²) in [6.45, 7) is 11.8. The van der Waals surface area contributed by atoms with Crippen molar-refractivity contribution in [3.8, 4) is 0 Å². The van der Waals surface area contributed by atoms with Crippen LogP contribution < -0.4 is 0 Å². The van der Waals surface area contributed by atoms with Crippen LogP contribution in [0.4, 0.5) is 0 Å². The van der Waals surface area contributed by atoms with Crippen LogP contribution in [0.2, 0.25) is 0 Å².